The predicted octanol–water partition coefficient (Wildman–Crippen LogP) is -2.34. The van der Waals surface area contributed by atoms with Gasteiger partial charge in [0.05, 0.1) is 6.04 Å². The third kappa shape index (κ3) is 4.05. The summed E-state index contributed by atoms with van der Waals surface area (Å²) in [6.45, 7) is 4.78. The first-order valence-corrected chi connectivity index (χ1v) is 13.7. The van der Waals surface area contributed by atoms with Crippen molar-refractivity contribution in [2.45, 2.75) is 68.4 Å². The van der Waals surface area contributed by atoms with Gasteiger partial charge in [-0.05, 0) is 54.0 Å². The quantitative estimate of drug-likeness (QED) is 0.217. The van der Waals surface area contributed by atoms with Crippen LogP contribution < -0.4 is 32.4 Å². The number of fused-ring (bicyclic) bond motifs is 1. The highest BCUT2D eigenvalue weighted by atomic mass is 16.3. The van der Waals surface area contributed by atoms with Crippen molar-refractivity contribution in [1.82, 2.24) is 25.8 Å². The monoisotopic (exact) mass is 546 g/mol. The Hall–Kier alpha value is -4.19. The SMILES string of the molecule is CC1(C)CCCc2c(C(=O)NC3CN4C(N)=N[C@@H](CNC(=O)c5ccccn5)[C@@H]5[NH+]=C(N)N[C@@]54[C@@H]3O)cccc21. The van der Waals surface area contributed by atoms with Crippen LogP contribution in [0.15, 0.2) is 47.6 Å². The number of nitrogens with zero attached hydrogens (tertiary/aromatic N) is 3. The Balaban J connectivity index is 1.23. The van der Waals surface area contributed by atoms with Crippen molar-refractivity contribution in [3.05, 3.63) is 65.0 Å². The number of aliphatic hydroxyl groups excluding tert-OH is 1. The highest BCUT2D eigenvalue weighted by Gasteiger charge is 2.68. The Morgan fingerprint density at radius 2 is 2.02 bits per heavy atom. The molecule has 1 aromatic carbocycles. The van der Waals surface area contributed by atoms with Gasteiger partial charge in [-0.15, -0.1) is 0 Å². The van der Waals surface area contributed by atoms with E-state index in [1.54, 1.807) is 29.3 Å². The van der Waals surface area contributed by atoms with E-state index in [-0.39, 0.29) is 47.9 Å². The summed E-state index contributed by atoms with van der Waals surface area (Å²) in [5.41, 5.74) is 14.6. The lowest BCUT2D eigenvalue weighted by Gasteiger charge is -2.43. The Kier molecular flexibility index (Phi) is 6.17. The van der Waals surface area contributed by atoms with Gasteiger partial charge < -0.3 is 26.4 Å². The second-order valence-corrected chi connectivity index (χ2v) is 11.7. The molecule has 1 aliphatic carbocycles. The molecule has 0 bridgehead atoms. The normalized spacial score (nSPS) is 29.7. The molecule has 3 aliphatic heterocycles. The van der Waals surface area contributed by atoms with Crippen LogP contribution in [0.5, 0.6) is 0 Å². The minimum Gasteiger partial charge on any atom is -0.385 e. The molecule has 12 nitrogen and oxygen atoms in total. The number of nitrogens with two attached hydrogens (primary N) is 2. The number of carbonyl (C=O) groups is 2. The van der Waals surface area contributed by atoms with E-state index in [0.29, 0.717) is 5.56 Å². The van der Waals surface area contributed by atoms with Crippen LogP contribution in [0.1, 0.15) is 58.7 Å². The molecule has 2 amide bonds. The first-order valence-electron chi connectivity index (χ1n) is 13.7. The molecule has 0 saturated carbocycles. The van der Waals surface area contributed by atoms with Crippen molar-refractivity contribution < 1.29 is 19.7 Å². The number of rotatable bonds is 5. The maximum absolute atomic E-state index is 13.6. The van der Waals surface area contributed by atoms with Crippen LogP contribution in [0.25, 0.3) is 0 Å². The zero-order valence-electron chi connectivity index (χ0n) is 22.6. The molecule has 2 aromatic rings. The highest BCUT2D eigenvalue weighted by molar-refractivity contribution is 5.97. The van der Waals surface area contributed by atoms with Gasteiger partial charge in [0, 0.05) is 24.8 Å². The van der Waals surface area contributed by atoms with E-state index in [1.165, 1.54) is 5.56 Å². The fourth-order valence-electron chi connectivity index (χ4n) is 6.86. The number of aliphatic imine (C=N–C) groups is 1. The van der Waals surface area contributed by atoms with Crippen molar-refractivity contribution >= 4 is 23.7 Å². The second-order valence-electron chi connectivity index (χ2n) is 11.7. The van der Waals surface area contributed by atoms with Crippen LogP contribution in [-0.2, 0) is 11.8 Å². The molecule has 1 saturated heterocycles. The summed E-state index contributed by atoms with van der Waals surface area (Å²) in [6, 6.07) is 9.23. The molecule has 12 heteroatoms. The number of guanidine groups is 2. The van der Waals surface area contributed by atoms with Gasteiger partial charge in [-0.2, -0.15) is 0 Å². The van der Waals surface area contributed by atoms with Crippen molar-refractivity contribution in [3.63, 3.8) is 0 Å². The summed E-state index contributed by atoms with van der Waals surface area (Å²) < 4.78 is 0. The van der Waals surface area contributed by atoms with E-state index >= 15 is 0 Å². The summed E-state index contributed by atoms with van der Waals surface area (Å²) >= 11 is 0. The lowest BCUT2D eigenvalue weighted by atomic mass is 9.71. The fraction of sp³-hybridized carbons (Fsp3) is 0.464. The average Bonchev–Trinajstić information content (AvgIpc) is 3.43. The van der Waals surface area contributed by atoms with Gasteiger partial charge in [0.2, 0.25) is 5.66 Å². The van der Waals surface area contributed by atoms with Gasteiger partial charge in [0.25, 0.3) is 11.8 Å². The zero-order valence-corrected chi connectivity index (χ0v) is 22.6. The van der Waals surface area contributed by atoms with Gasteiger partial charge in [-0.1, -0.05) is 32.0 Å². The molecule has 4 aliphatic rings. The molecule has 0 radical (unpaired) electrons. The number of aromatic nitrogens is 1. The molecular formula is C28H36N9O3+. The van der Waals surface area contributed by atoms with E-state index in [2.05, 4.69) is 50.8 Å². The molecule has 1 spiro atoms. The average molecular weight is 547 g/mol. The number of pyridine rings is 1. The van der Waals surface area contributed by atoms with E-state index in [4.69, 9.17) is 11.5 Å². The minimum atomic E-state index is -1.16. The van der Waals surface area contributed by atoms with Gasteiger partial charge in [-0.3, -0.25) is 25.3 Å². The topological polar surface area (TPSA) is 185 Å². The van der Waals surface area contributed by atoms with E-state index in [9.17, 15) is 14.7 Å². The number of nitrogens with one attached hydrogen (secondary N) is 4. The summed E-state index contributed by atoms with van der Waals surface area (Å²) in [6.07, 6.45) is 3.39. The van der Waals surface area contributed by atoms with Gasteiger partial charge in [0.15, 0.2) is 12.0 Å². The Morgan fingerprint density at radius 3 is 2.80 bits per heavy atom. The van der Waals surface area contributed by atoms with Crippen LogP contribution >= 0.6 is 0 Å². The van der Waals surface area contributed by atoms with Gasteiger partial charge in [0.1, 0.15) is 17.8 Å². The van der Waals surface area contributed by atoms with Crippen LogP contribution in [0.2, 0.25) is 0 Å². The first kappa shape index (κ1) is 26.1. The molecule has 1 fully saturated rings. The lowest BCUT2D eigenvalue weighted by Crippen LogP contribution is -2.88. The van der Waals surface area contributed by atoms with Gasteiger partial charge >= 0.3 is 5.96 Å². The van der Waals surface area contributed by atoms with Gasteiger partial charge in [-0.25, -0.2) is 10.3 Å². The molecule has 40 heavy (non-hydrogen) atoms. The third-order valence-corrected chi connectivity index (χ3v) is 8.80. The Bertz CT molecular complexity index is 1410. The molecule has 5 atom stereocenters. The van der Waals surface area contributed by atoms with Crippen molar-refractivity contribution in [2.75, 3.05) is 13.1 Å². The molecule has 210 valence electrons. The maximum atomic E-state index is 13.6. The largest absolute Gasteiger partial charge is 0.385 e. The Labute approximate surface area is 232 Å². The number of amides is 2. The van der Waals surface area contributed by atoms with E-state index in [0.717, 1.165) is 24.8 Å². The summed E-state index contributed by atoms with van der Waals surface area (Å²) in [5, 5.41) is 20.8. The minimum absolute atomic E-state index is 0.00228. The number of hydrogen-bond donors (Lipinski definition) is 7. The summed E-state index contributed by atoms with van der Waals surface area (Å²) in [4.78, 5) is 39.9. The third-order valence-electron chi connectivity index (χ3n) is 8.80. The molecule has 1 unspecified atom stereocenters. The smallest absolute Gasteiger partial charge is 0.343 e. The van der Waals surface area contributed by atoms with Crippen LogP contribution in [0.4, 0.5) is 0 Å². The zero-order chi connectivity index (χ0) is 28.2. The van der Waals surface area contributed by atoms with Crippen LogP contribution in [0, 0.1) is 0 Å². The number of benzene rings is 1. The first-order chi connectivity index (χ1) is 19.1. The summed E-state index contributed by atoms with van der Waals surface area (Å²) in [7, 11) is 0. The van der Waals surface area contributed by atoms with Crippen molar-refractivity contribution in [3.8, 4) is 0 Å². The lowest BCUT2D eigenvalue weighted by molar-refractivity contribution is -0.513. The highest BCUT2D eigenvalue weighted by Crippen LogP contribution is 2.39. The van der Waals surface area contributed by atoms with Crippen molar-refractivity contribution in [2.24, 2.45) is 16.5 Å². The van der Waals surface area contributed by atoms with E-state index < -0.39 is 29.9 Å². The van der Waals surface area contributed by atoms with Crippen LogP contribution in [-0.4, -0.2) is 81.7 Å². The molecule has 9 N–H and O–H groups in total. The number of aliphatic hydroxyl groups is 1. The molecular weight excluding hydrogens is 510 g/mol. The maximum Gasteiger partial charge on any atom is 0.343 e. The molecule has 1 aromatic heterocycles. The molecule has 4 heterocycles. The number of carbonyl (C=O) groups excluding carboxylic acids is 2. The number of hydrogen-bond acceptors (Lipinski definition) is 9. The Morgan fingerprint density at radius 1 is 1.20 bits per heavy atom. The predicted molar refractivity (Wildman–Crippen MR) is 148 cm³/mol. The van der Waals surface area contributed by atoms with Crippen LogP contribution in [0.3, 0.4) is 0 Å². The van der Waals surface area contributed by atoms with E-state index in [1.807, 2.05) is 12.1 Å². The standard InChI is InChI=1S/C28H35N9O3/c1-27(2)11-6-8-15-16(7-5-9-17(15)27)23(39)33-20-14-37-26(30)34-19(13-32-24(40)18-10-3-4-12-31-18)21-28(37,22(20)38)36-25(29)35-21/h3-5,7,9-10,12,19-22,38H,6,8,11,13-14H2,1-2H3,(H2,30,34)(H,32,40)(H,33,39)(H3,29,35,36)/p+1/t19-,20?,21-,22+,28-/m0/s1. The second kappa shape index (κ2) is 9.47. The summed E-state index contributed by atoms with van der Waals surface area (Å²) in [5.74, 6) is -0.137. The van der Waals surface area contributed by atoms with Crippen molar-refractivity contribution in [1.29, 1.82) is 0 Å². The molecule has 6 rings (SSSR count). The fourth-order valence-corrected chi connectivity index (χ4v) is 6.86.